The largest absolute Gasteiger partial charge is 0.454 e. The highest BCUT2D eigenvalue weighted by Crippen LogP contribution is 2.66. The number of esters is 1. The maximum atomic E-state index is 13.5. The molecule has 5 heteroatoms. The predicted octanol–water partition coefficient (Wildman–Crippen LogP) is 3.54. The maximum Gasteiger partial charge on any atom is 0.334 e. The summed E-state index contributed by atoms with van der Waals surface area (Å²) in [6.45, 7) is 5.71. The van der Waals surface area contributed by atoms with Gasteiger partial charge in [0.05, 0.1) is 5.60 Å². The van der Waals surface area contributed by atoms with Crippen molar-refractivity contribution in [2.75, 3.05) is 0 Å². The second-order valence-corrected chi connectivity index (χ2v) is 10.4. The fourth-order valence-electron chi connectivity index (χ4n) is 7.54. The molecule has 3 heterocycles. The lowest BCUT2D eigenvalue weighted by Crippen LogP contribution is -2.49. The van der Waals surface area contributed by atoms with Crippen molar-refractivity contribution < 1.29 is 24.2 Å². The van der Waals surface area contributed by atoms with Gasteiger partial charge in [-0.25, -0.2) is 4.79 Å². The van der Waals surface area contributed by atoms with Crippen molar-refractivity contribution in [3.05, 3.63) is 11.6 Å². The number of fused-ring (bicyclic) bond motifs is 3. The zero-order chi connectivity index (χ0) is 19.9. The van der Waals surface area contributed by atoms with Gasteiger partial charge in [-0.2, -0.15) is 0 Å². The van der Waals surface area contributed by atoms with Gasteiger partial charge in [-0.1, -0.05) is 33.1 Å². The van der Waals surface area contributed by atoms with Crippen LogP contribution in [0.4, 0.5) is 0 Å². The number of ether oxygens (including phenoxy) is 2. The Kier molecular flexibility index (Phi) is 3.97. The van der Waals surface area contributed by atoms with Crippen LogP contribution >= 0.6 is 0 Å². The van der Waals surface area contributed by atoms with Crippen molar-refractivity contribution in [3.8, 4) is 0 Å². The zero-order valence-corrected chi connectivity index (χ0v) is 17.2. The van der Waals surface area contributed by atoms with Crippen molar-refractivity contribution in [1.82, 2.24) is 0 Å². The molecular formula is C23H32O5. The standard InChI is InChI=1S/C23H32O5/c1-13-11-16(27-20(13)25)17-14(2)19(24)21(3)9-10-22-8-6-4-5-7-15(22)12-23(26,28-22)18(17)21/h11,14-18,26H,4-10,12H2,1-3H3/t14-,15-,16-,17+,18-,21-,22+,23+/m0/s1. The first-order valence-corrected chi connectivity index (χ1v) is 11.1. The second kappa shape index (κ2) is 5.91. The molecule has 4 fully saturated rings. The van der Waals surface area contributed by atoms with E-state index in [9.17, 15) is 14.7 Å². The highest BCUT2D eigenvalue weighted by atomic mass is 16.6. The summed E-state index contributed by atoms with van der Waals surface area (Å²) in [6, 6.07) is 0. The Morgan fingerprint density at radius 2 is 1.93 bits per heavy atom. The van der Waals surface area contributed by atoms with Crippen LogP contribution in [-0.4, -0.2) is 34.4 Å². The minimum Gasteiger partial charge on any atom is -0.454 e. The molecule has 2 saturated heterocycles. The predicted molar refractivity (Wildman–Crippen MR) is 102 cm³/mol. The van der Waals surface area contributed by atoms with E-state index in [-0.39, 0.29) is 35.1 Å². The number of carbonyl (C=O) groups is 2. The molecule has 0 aromatic rings. The van der Waals surface area contributed by atoms with Gasteiger partial charge >= 0.3 is 5.97 Å². The normalized spacial score (nSPS) is 53.1. The van der Waals surface area contributed by atoms with Crippen LogP contribution in [0.5, 0.6) is 0 Å². The molecule has 0 radical (unpaired) electrons. The Hall–Kier alpha value is -1.20. The van der Waals surface area contributed by atoms with E-state index in [0.29, 0.717) is 17.9 Å². The highest BCUT2D eigenvalue weighted by molar-refractivity contribution is 5.92. The van der Waals surface area contributed by atoms with Gasteiger partial charge in [0.1, 0.15) is 11.9 Å². The average Bonchev–Trinajstić information content (AvgIpc) is 3.10. The summed E-state index contributed by atoms with van der Waals surface area (Å²) in [7, 11) is 0. The molecule has 5 rings (SSSR count). The summed E-state index contributed by atoms with van der Waals surface area (Å²) in [5, 5.41) is 11.9. The molecule has 8 atom stereocenters. The topological polar surface area (TPSA) is 72.8 Å². The van der Waals surface area contributed by atoms with Gasteiger partial charge in [-0.3, -0.25) is 4.79 Å². The SMILES string of the molecule is CC1=C[C@@H]([C@H]2[C@H](C)C(=O)[C@@]3(C)CC[C@]45CCCCC[C@H]4C[C@@](O)(O5)[C@@H]23)OC1=O. The van der Waals surface area contributed by atoms with E-state index in [2.05, 4.69) is 0 Å². The highest BCUT2D eigenvalue weighted by Gasteiger charge is 2.72. The molecule has 0 aromatic carbocycles. The Balaban J connectivity index is 1.59. The van der Waals surface area contributed by atoms with Crippen molar-refractivity contribution in [1.29, 1.82) is 0 Å². The number of cyclic esters (lactones) is 1. The number of hydrogen-bond acceptors (Lipinski definition) is 5. The minimum absolute atomic E-state index is 0.197. The minimum atomic E-state index is -1.31. The molecule has 3 aliphatic heterocycles. The van der Waals surface area contributed by atoms with Crippen LogP contribution in [0.3, 0.4) is 0 Å². The number of aliphatic hydroxyl groups is 1. The van der Waals surface area contributed by atoms with Gasteiger partial charge in [0.25, 0.3) is 0 Å². The first kappa shape index (κ1) is 18.8. The molecule has 2 bridgehead atoms. The summed E-state index contributed by atoms with van der Waals surface area (Å²) in [5.74, 6) is -1.90. The van der Waals surface area contributed by atoms with E-state index in [4.69, 9.17) is 9.47 Å². The van der Waals surface area contributed by atoms with Crippen molar-refractivity contribution in [2.45, 2.75) is 89.6 Å². The molecule has 0 aromatic heterocycles. The first-order chi connectivity index (χ1) is 13.2. The third kappa shape index (κ3) is 2.32. The fraction of sp³-hybridized carbons (Fsp3) is 0.826. The summed E-state index contributed by atoms with van der Waals surface area (Å²) in [5.41, 5.74) is -0.325. The van der Waals surface area contributed by atoms with Gasteiger partial charge in [-0.05, 0) is 44.6 Å². The molecule has 5 aliphatic rings. The van der Waals surface area contributed by atoms with E-state index < -0.39 is 17.3 Å². The molecular weight excluding hydrogens is 356 g/mol. The Bertz CT molecular complexity index is 758. The van der Waals surface area contributed by atoms with E-state index in [1.807, 2.05) is 19.9 Å². The van der Waals surface area contributed by atoms with E-state index in [0.717, 1.165) is 32.1 Å². The molecule has 0 amide bonds. The zero-order valence-electron chi connectivity index (χ0n) is 17.2. The molecule has 2 saturated carbocycles. The molecule has 154 valence electrons. The summed E-state index contributed by atoms with van der Waals surface area (Å²) < 4.78 is 12.3. The number of Topliss-reactive ketones (excluding diaryl/α,β-unsaturated/α-hetero) is 1. The number of ketones is 1. The monoisotopic (exact) mass is 388 g/mol. The third-order valence-electron chi connectivity index (χ3n) is 8.85. The van der Waals surface area contributed by atoms with Crippen LogP contribution in [0.1, 0.15) is 72.1 Å². The molecule has 1 N–H and O–H groups in total. The Morgan fingerprint density at radius 1 is 1.14 bits per heavy atom. The molecule has 0 unspecified atom stereocenters. The molecule has 28 heavy (non-hydrogen) atoms. The third-order valence-corrected chi connectivity index (χ3v) is 8.85. The number of hydrogen-bond donors (Lipinski definition) is 1. The van der Waals surface area contributed by atoms with Gasteiger partial charge in [-0.15, -0.1) is 0 Å². The smallest absolute Gasteiger partial charge is 0.334 e. The Morgan fingerprint density at radius 3 is 2.64 bits per heavy atom. The maximum absolute atomic E-state index is 13.5. The summed E-state index contributed by atoms with van der Waals surface area (Å²) >= 11 is 0. The fourth-order valence-corrected chi connectivity index (χ4v) is 7.54. The van der Waals surface area contributed by atoms with E-state index >= 15 is 0 Å². The second-order valence-electron chi connectivity index (χ2n) is 10.4. The van der Waals surface area contributed by atoms with Crippen LogP contribution in [0.2, 0.25) is 0 Å². The lowest BCUT2D eigenvalue weighted by atomic mass is 9.63. The average molecular weight is 389 g/mol. The van der Waals surface area contributed by atoms with Gasteiger partial charge in [0.2, 0.25) is 0 Å². The lowest BCUT2D eigenvalue weighted by Gasteiger charge is -2.41. The first-order valence-electron chi connectivity index (χ1n) is 11.1. The number of carbonyl (C=O) groups excluding carboxylic acids is 2. The van der Waals surface area contributed by atoms with Crippen molar-refractivity contribution >= 4 is 11.8 Å². The van der Waals surface area contributed by atoms with Crippen LogP contribution < -0.4 is 0 Å². The molecule has 2 aliphatic carbocycles. The molecule has 5 nitrogen and oxygen atoms in total. The Labute approximate surface area is 166 Å². The van der Waals surface area contributed by atoms with Crippen LogP contribution in [0, 0.1) is 29.1 Å². The van der Waals surface area contributed by atoms with Crippen LogP contribution in [-0.2, 0) is 19.1 Å². The lowest BCUT2D eigenvalue weighted by molar-refractivity contribution is -0.267. The van der Waals surface area contributed by atoms with Crippen molar-refractivity contribution in [3.63, 3.8) is 0 Å². The van der Waals surface area contributed by atoms with E-state index in [1.54, 1.807) is 6.92 Å². The van der Waals surface area contributed by atoms with Crippen LogP contribution in [0.15, 0.2) is 11.6 Å². The van der Waals surface area contributed by atoms with Gasteiger partial charge in [0.15, 0.2) is 5.79 Å². The summed E-state index contributed by atoms with van der Waals surface area (Å²) in [4.78, 5) is 25.5. The van der Waals surface area contributed by atoms with Crippen molar-refractivity contribution in [2.24, 2.45) is 29.1 Å². The molecule has 1 spiro atoms. The van der Waals surface area contributed by atoms with E-state index in [1.165, 1.54) is 12.8 Å². The van der Waals surface area contributed by atoms with Crippen LogP contribution in [0.25, 0.3) is 0 Å². The summed E-state index contributed by atoms with van der Waals surface area (Å²) in [6.07, 6.45) is 9.21. The number of rotatable bonds is 1. The quantitative estimate of drug-likeness (QED) is 0.696. The van der Waals surface area contributed by atoms with Gasteiger partial charge in [0, 0.05) is 35.2 Å². The van der Waals surface area contributed by atoms with Gasteiger partial charge < -0.3 is 14.6 Å².